The molecule has 0 saturated carbocycles. The lowest BCUT2D eigenvalue weighted by Gasteiger charge is -2.11. The molecule has 2 aromatic rings. The molecule has 5 nitrogen and oxygen atoms in total. The Morgan fingerprint density at radius 1 is 1.00 bits per heavy atom. The molecule has 0 aromatic heterocycles. The molecule has 0 aliphatic rings. The third-order valence-electron chi connectivity index (χ3n) is 3.87. The fourth-order valence-electron chi connectivity index (χ4n) is 2.52. The number of carbonyl (C=O) groups excluding carboxylic acids is 1. The number of benzene rings is 2. The second-order valence-electron chi connectivity index (χ2n) is 6.04. The number of guanidine groups is 1. The second kappa shape index (κ2) is 13.9. The van der Waals surface area contributed by atoms with Crippen LogP contribution in [0.5, 0.6) is 0 Å². The van der Waals surface area contributed by atoms with Gasteiger partial charge in [0.15, 0.2) is 5.96 Å². The summed E-state index contributed by atoms with van der Waals surface area (Å²) in [6.07, 6.45) is 1.47. The zero-order chi connectivity index (χ0) is 19.3. The van der Waals surface area contributed by atoms with Crippen molar-refractivity contribution in [1.82, 2.24) is 16.0 Å². The lowest BCUT2D eigenvalue weighted by molar-refractivity contribution is 0.0953. The summed E-state index contributed by atoms with van der Waals surface area (Å²) in [7, 11) is 0. The lowest BCUT2D eigenvalue weighted by Crippen LogP contribution is -2.38. The van der Waals surface area contributed by atoms with Gasteiger partial charge >= 0.3 is 0 Å². The molecule has 3 N–H and O–H groups in total. The number of halogens is 2. The van der Waals surface area contributed by atoms with Crippen molar-refractivity contribution >= 4 is 35.8 Å². The summed E-state index contributed by atoms with van der Waals surface area (Å²) < 4.78 is 13.2. The van der Waals surface area contributed by atoms with Crippen molar-refractivity contribution in [3.63, 3.8) is 0 Å². The van der Waals surface area contributed by atoms with Gasteiger partial charge in [0.1, 0.15) is 5.82 Å². The standard InChI is InChI=1S/C21H27FN4O.HI/c1-2-23-21(26-15-12-17-8-6-11-19(22)16-17)25-14-7-13-24-20(27)18-9-4-3-5-10-18;/h3-6,8-11,16H,2,7,12-15H2,1H3,(H,24,27)(H2,23,25,26);1H. The number of aliphatic imine (C=N–C) groups is 1. The summed E-state index contributed by atoms with van der Waals surface area (Å²) in [5.74, 6) is 0.439. The monoisotopic (exact) mass is 498 g/mol. The highest BCUT2D eigenvalue weighted by atomic mass is 127. The van der Waals surface area contributed by atoms with Gasteiger partial charge in [-0.3, -0.25) is 9.79 Å². The molecule has 7 heteroatoms. The number of carbonyl (C=O) groups is 1. The van der Waals surface area contributed by atoms with Crippen molar-refractivity contribution in [3.8, 4) is 0 Å². The van der Waals surface area contributed by atoms with E-state index in [9.17, 15) is 9.18 Å². The molecular formula is C21H28FIN4O. The molecule has 0 saturated heterocycles. The summed E-state index contributed by atoms with van der Waals surface area (Å²) in [5.41, 5.74) is 1.61. The molecule has 1 amide bonds. The van der Waals surface area contributed by atoms with Gasteiger partial charge in [0.2, 0.25) is 0 Å². The van der Waals surface area contributed by atoms with Crippen molar-refractivity contribution < 1.29 is 9.18 Å². The van der Waals surface area contributed by atoms with Crippen LogP contribution in [0.2, 0.25) is 0 Å². The summed E-state index contributed by atoms with van der Waals surface area (Å²) in [4.78, 5) is 16.4. The minimum atomic E-state index is -0.217. The first kappa shape index (κ1) is 23.9. The Morgan fingerprint density at radius 2 is 1.79 bits per heavy atom. The molecule has 0 aliphatic heterocycles. The van der Waals surface area contributed by atoms with Gasteiger partial charge in [0.05, 0.1) is 0 Å². The zero-order valence-corrected chi connectivity index (χ0v) is 18.4. The van der Waals surface area contributed by atoms with Crippen LogP contribution in [0.15, 0.2) is 59.6 Å². The number of amides is 1. The van der Waals surface area contributed by atoms with Gasteiger partial charge in [-0.15, -0.1) is 24.0 Å². The van der Waals surface area contributed by atoms with Crippen LogP contribution in [0.1, 0.15) is 29.3 Å². The summed E-state index contributed by atoms with van der Waals surface area (Å²) in [6, 6.07) is 15.8. The van der Waals surface area contributed by atoms with E-state index in [1.165, 1.54) is 6.07 Å². The predicted octanol–water partition coefficient (Wildman–Crippen LogP) is 3.36. The maximum Gasteiger partial charge on any atom is 0.251 e. The summed E-state index contributed by atoms with van der Waals surface area (Å²) in [5, 5.41) is 9.32. The highest BCUT2D eigenvalue weighted by Crippen LogP contribution is 2.03. The number of hydrogen-bond acceptors (Lipinski definition) is 2. The molecule has 28 heavy (non-hydrogen) atoms. The Morgan fingerprint density at radius 3 is 2.50 bits per heavy atom. The van der Waals surface area contributed by atoms with Gasteiger partial charge in [-0.05, 0) is 49.6 Å². The average Bonchev–Trinajstić information content (AvgIpc) is 2.68. The van der Waals surface area contributed by atoms with Crippen molar-refractivity contribution in [3.05, 3.63) is 71.5 Å². The van der Waals surface area contributed by atoms with E-state index in [1.54, 1.807) is 24.3 Å². The molecule has 0 unspecified atom stereocenters. The fourth-order valence-corrected chi connectivity index (χ4v) is 2.52. The number of nitrogens with zero attached hydrogens (tertiary/aromatic N) is 1. The molecule has 0 heterocycles. The quantitative estimate of drug-likeness (QED) is 0.215. The van der Waals surface area contributed by atoms with E-state index in [1.807, 2.05) is 31.2 Å². The number of rotatable bonds is 9. The van der Waals surface area contributed by atoms with Crippen molar-refractivity contribution in [2.45, 2.75) is 19.8 Å². The maximum absolute atomic E-state index is 13.2. The smallest absolute Gasteiger partial charge is 0.251 e. The van der Waals surface area contributed by atoms with E-state index in [4.69, 9.17) is 0 Å². The third-order valence-corrected chi connectivity index (χ3v) is 3.87. The molecule has 152 valence electrons. The van der Waals surface area contributed by atoms with Crippen molar-refractivity contribution in [1.29, 1.82) is 0 Å². The molecule has 0 aliphatic carbocycles. The topological polar surface area (TPSA) is 65.5 Å². The lowest BCUT2D eigenvalue weighted by atomic mass is 10.1. The van der Waals surface area contributed by atoms with Gasteiger partial charge in [0, 0.05) is 31.7 Å². The van der Waals surface area contributed by atoms with E-state index >= 15 is 0 Å². The van der Waals surface area contributed by atoms with E-state index in [0.29, 0.717) is 25.2 Å². The van der Waals surface area contributed by atoms with Crippen LogP contribution in [-0.4, -0.2) is 38.0 Å². The first-order valence-electron chi connectivity index (χ1n) is 9.29. The van der Waals surface area contributed by atoms with Crippen molar-refractivity contribution in [2.75, 3.05) is 26.2 Å². The van der Waals surface area contributed by atoms with Gasteiger partial charge < -0.3 is 16.0 Å². The summed E-state index contributed by atoms with van der Waals surface area (Å²) in [6.45, 7) is 4.60. The Hall–Kier alpha value is -2.16. The Labute approximate surface area is 183 Å². The van der Waals surface area contributed by atoms with E-state index in [2.05, 4.69) is 20.9 Å². The molecule has 0 bridgehead atoms. The minimum absolute atomic E-state index is 0. The number of hydrogen-bond donors (Lipinski definition) is 3. The molecular weight excluding hydrogens is 470 g/mol. The fraction of sp³-hybridized carbons (Fsp3) is 0.333. The first-order valence-corrected chi connectivity index (χ1v) is 9.29. The zero-order valence-electron chi connectivity index (χ0n) is 16.1. The normalized spacial score (nSPS) is 10.7. The second-order valence-corrected chi connectivity index (χ2v) is 6.04. The van der Waals surface area contributed by atoms with Crippen LogP contribution in [0.3, 0.4) is 0 Å². The minimum Gasteiger partial charge on any atom is -0.357 e. The Kier molecular flexibility index (Phi) is 11.9. The van der Waals surface area contributed by atoms with Crippen LogP contribution in [0, 0.1) is 5.82 Å². The Balaban J connectivity index is 0.00000392. The van der Waals surface area contributed by atoms with Crippen molar-refractivity contribution in [2.24, 2.45) is 4.99 Å². The van der Waals surface area contributed by atoms with Gasteiger partial charge in [0.25, 0.3) is 5.91 Å². The Bertz CT molecular complexity index is 740. The van der Waals surface area contributed by atoms with E-state index in [-0.39, 0.29) is 35.7 Å². The molecule has 2 aromatic carbocycles. The largest absolute Gasteiger partial charge is 0.357 e. The average molecular weight is 498 g/mol. The van der Waals surface area contributed by atoms with Gasteiger partial charge in [-0.25, -0.2) is 4.39 Å². The molecule has 0 spiro atoms. The van der Waals surface area contributed by atoms with Crippen LogP contribution in [0.4, 0.5) is 4.39 Å². The summed E-state index contributed by atoms with van der Waals surface area (Å²) >= 11 is 0. The highest BCUT2D eigenvalue weighted by molar-refractivity contribution is 14.0. The maximum atomic E-state index is 13.2. The highest BCUT2D eigenvalue weighted by Gasteiger charge is 2.03. The molecule has 0 radical (unpaired) electrons. The SMILES string of the molecule is CCNC(=NCCCNC(=O)c1ccccc1)NCCc1cccc(F)c1.I. The third kappa shape index (κ3) is 9.16. The van der Waals surface area contributed by atoms with E-state index in [0.717, 1.165) is 30.9 Å². The van der Waals surface area contributed by atoms with Crippen LogP contribution in [-0.2, 0) is 6.42 Å². The number of nitrogens with one attached hydrogen (secondary N) is 3. The van der Waals surface area contributed by atoms with E-state index < -0.39 is 0 Å². The van der Waals surface area contributed by atoms with Gasteiger partial charge in [-0.2, -0.15) is 0 Å². The predicted molar refractivity (Wildman–Crippen MR) is 123 cm³/mol. The molecule has 2 rings (SSSR count). The first-order chi connectivity index (χ1) is 13.2. The van der Waals surface area contributed by atoms with Gasteiger partial charge in [-0.1, -0.05) is 30.3 Å². The van der Waals surface area contributed by atoms with Crippen LogP contribution < -0.4 is 16.0 Å². The molecule has 0 atom stereocenters. The molecule has 0 fully saturated rings. The van der Waals surface area contributed by atoms with Crippen LogP contribution >= 0.6 is 24.0 Å². The van der Waals surface area contributed by atoms with Crippen LogP contribution in [0.25, 0.3) is 0 Å².